The van der Waals surface area contributed by atoms with Gasteiger partial charge in [-0.1, -0.05) is 0 Å². The van der Waals surface area contributed by atoms with Crippen LogP contribution in [0.2, 0.25) is 0 Å². The summed E-state index contributed by atoms with van der Waals surface area (Å²) in [5.41, 5.74) is 0.405. The summed E-state index contributed by atoms with van der Waals surface area (Å²) in [7, 11) is 0. The van der Waals surface area contributed by atoms with Crippen molar-refractivity contribution in [1.29, 1.82) is 0 Å². The van der Waals surface area contributed by atoms with E-state index in [0.717, 1.165) is 45.0 Å². The fourth-order valence-electron chi connectivity index (χ4n) is 2.87. The Labute approximate surface area is 114 Å². The van der Waals surface area contributed by atoms with Crippen molar-refractivity contribution in [3.8, 4) is 5.88 Å². The van der Waals surface area contributed by atoms with Gasteiger partial charge in [-0.25, -0.2) is 4.98 Å². The van der Waals surface area contributed by atoms with Gasteiger partial charge in [0, 0.05) is 25.4 Å². The van der Waals surface area contributed by atoms with Gasteiger partial charge in [0.15, 0.2) is 0 Å². The summed E-state index contributed by atoms with van der Waals surface area (Å²) in [4.78, 5) is 6.66. The van der Waals surface area contributed by atoms with Crippen molar-refractivity contribution in [3.63, 3.8) is 0 Å². The average Bonchev–Trinajstić information content (AvgIpc) is 2.37. The molecule has 110 valence electrons. The zero-order chi connectivity index (χ0) is 14.2. The van der Waals surface area contributed by atoms with Crippen molar-refractivity contribution in [2.75, 3.05) is 13.1 Å². The molecule has 0 amide bonds. The van der Waals surface area contributed by atoms with Gasteiger partial charge < -0.3 is 10.1 Å². The first-order chi connectivity index (χ1) is 9.47. The van der Waals surface area contributed by atoms with Gasteiger partial charge in [-0.15, -0.1) is 0 Å². The lowest BCUT2D eigenvalue weighted by Crippen LogP contribution is -2.55. The molecule has 1 saturated carbocycles. The first-order valence-electron chi connectivity index (χ1n) is 6.75. The van der Waals surface area contributed by atoms with Crippen molar-refractivity contribution >= 4 is 0 Å². The molecule has 1 aromatic rings. The Kier molecular flexibility index (Phi) is 3.32. The molecule has 0 aromatic carbocycles. The number of ether oxygens (including phenoxy) is 1. The predicted octanol–water partition coefficient (Wildman–Crippen LogP) is 2.41. The van der Waals surface area contributed by atoms with Crippen molar-refractivity contribution in [3.05, 3.63) is 18.1 Å². The van der Waals surface area contributed by atoms with E-state index in [0.29, 0.717) is 5.41 Å². The minimum atomic E-state index is -4.53. The van der Waals surface area contributed by atoms with Crippen LogP contribution in [0.4, 0.5) is 13.2 Å². The molecule has 1 aliphatic heterocycles. The molecule has 20 heavy (non-hydrogen) atoms. The van der Waals surface area contributed by atoms with Crippen LogP contribution in [0.25, 0.3) is 0 Å². The largest absolute Gasteiger partial charge is 0.474 e. The third-order valence-corrected chi connectivity index (χ3v) is 4.16. The molecular weight excluding hydrogens is 271 g/mol. The fourth-order valence-corrected chi connectivity index (χ4v) is 2.87. The van der Waals surface area contributed by atoms with Gasteiger partial charge in [0.1, 0.15) is 6.10 Å². The van der Waals surface area contributed by atoms with E-state index in [2.05, 4.69) is 15.3 Å². The number of halogens is 3. The molecule has 1 aromatic heterocycles. The maximum atomic E-state index is 12.5. The van der Waals surface area contributed by atoms with Crippen LogP contribution in [0.3, 0.4) is 0 Å². The summed E-state index contributed by atoms with van der Waals surface area (Å²) in [6, 6.07) is 1.38. The monoisotopic (exact) mass is 287 g/mol. The second kappa shape index (κ2) is 4.87. The molecule has 1 aliphatic carbocycles. The predicted molar refractivity (Wildman–Crippen MR) is 65.2 cm³/mol. The van der Waals surface area contributed by atoms with E-state index in [1.165, 1.54) is 6.07 Å². The highest BCUT2D eigenvalue weighted by atomic mass is 19.4. The molecule has 0 radical (unpaired) electrons. The van der Waals surface area contributed by atoms with E-state index in [-0.39, 0.29) is 12.0 Å². The molecule has 0 atom stereocenters. The number of nitrogens with zero attached hydrogens (tertiary/aromatic N) is 2. The highest BCUT2D eigenvalue weighted by molar-refractivity contribution is 5.11. The molecule has 1 N–H and O–H groups in total. The minimum absolute atomic E-state index is 0.0139. The Balaban J connectivity index is 1.61. The minimum Gasteiger partial charge on any atom is -0.474 e. The average molecular weight is 287 g/mol. The highest BCUT2D eigenvalue weighted by Crippen LogP contribution is 2.40. The topological polar surface area (TPSA) is 47.0 Å². The molecule has 2 fully saturated rings. The van der Waals surface area contributed by atoms with Crippen molar-refractivity contribution in [1.82, 2.24) is 15.3 Å². The summed E-state index contributed by atoms with van der Waals surface area (Å²) < 4.78 is 43.1. The van der Waals surface area contributed by atoms with Gasteiger partial charge in [-0.05, 0) is 31.1 Å². The van der Waals surface area contributed by atoms with Crippen LogP contribution in [-0.4, -0.2) is 29.2 Å². The molecule has 4 nitrogen and oxygen atoms in total. The maximum absolute atomic E-state index is 12.5. The smallest absolute Gasteiger partial charge is 0.451 e. The van der Waals surface area contributed by atoms with Gasteiger partial charge in [-0.3, -0.25) is 0 Å². The molecule has 3 rings (SSSR count). The van der Waals surface area contributed by atoms with Crippen LogP contribution in [0.1, 0.15) is 31.5 Å². The summed E-state index contributed by atoms with van der Waals surface area (Å²) in [5.74, 6) is -1.13. The fraction of sp³-hybridized carbons (Fsp3) is 0.692. The third-order valence-electron chi connectivity index (χ3n) is 4.16. The van der Waals surface area contributed by atoms with E-state index in [4.69, 9.17) is 4.74 Å². The molecule has 0 unspecified atom stereocenters. The van der Waals surface area contributed by atoms with Crippen LogP contribution in [0.15, 0.2) is 12.3 Å². The lowest BCUT2D eigenvalue weighted by molar-refractivity contribution is -0.145. The zero-order valence-corrected chi connectivity index (χ0v) is 10.9. The molecule has 1 spiro atoms. The lowest BCUT2D eigenvalue weighted by Gasteiger charge is -2.47. The van der Waals surface area contributed by atoms with E-state index in [9.17, 15) is 13.2 Å². The first-order valence-corrected chi connectivity index (χ1v) is 6.75. The Hall–Kier alpha value is -1.37. The van der Waals surface area contributed by atoms with Crippen LogP contribution < -0.4 is 10.1 Å². The van der Waals surface area contributed by atoms with Gasteiger partial charge in [0.05, 0.1) is 0 Å². The molecule has 2 aliphatic rings. The second-order valence-corrected chi connectivity index (χ2v) is 5.64. The van der Waals surface area contributed by atoms with E-state index in [1.807, 2.05) is 0 Å². The Morgan fingerprint density at radius 1 is 1.25 bits per heavy atom. The Morgan fingerprint density at radius 3 is 2.50 bits per heavy atom. The standard InChI is InChI=1S/C13H16F3N3O/c14-13(15,16)11-18-6-3-10(19-11)20-9-1-4-12(5-2-9)7-17-8-12/h3,6,9,17H,1-2,4-5,7-8H2. The van der Waals surface area contributed by atoms with Crippen LogP contribution in [-0.2, 0) is 6.18 Å². The van der Waals surface area contributed by atoms with E-state index in [1.54, 1.807) is 0 Å². The number of rotatable bonds is 2. The van der Waals surface area contributed by atoms with Crippen LogP contribution >= 0.6 is 0 Å². The molecular formula is C13H16F3N3O. The van der Waals surface area contributed by atoms with Crippen molar-refractivity contribution in [2.45, 2.75) is 38.0 Å². The van der Waals surface area contributed by atoms with E-state index >= 15 is 0 Å². The van der Waals surface area contributed by atoms with Crippen molar-refractivity contribution < 1.29 is 17.9 Å². The molecule has 7 heteroatoms. The number of hydrogen-bond acceptors (Lipinski definition) is 4. The van der Waals surface area contributed by atoms with Gasteiger partial charge in [-0.2, -0.15) is 18.2 Å². The molecule has 2 heterocycles. The number of alkyl halides is 3. The Morgan fingerprint density at radius 2 is 1.95 bits per heavy atom. The van der Waals surface area contributed by atoms with Crippen LogP contribution in [0.5, 0.6) is 5.88 Å². The summed E-state index contributed by atoms with van der Waals surface area (Å²) in [5, 5.41) is 3.27. The zero-order valence-electron chi connectivity index (χ0n) is 10.9. The summed E-state index contributed by atoms with van der Waals surface area (Å²) >= 11 is 0. The van der Waals surface area contributed by atoms with Gasteiger partial charge >= 0.3 is 6.18 Å². The molecule has 0 bridgehead atoms. The third kappa shape index (κ3) is 2.72. The van der Waals surface area contributed by atoms with Gasteiger partial charge in [0.2, 0.25) is 11.7 Å². The lowest BCUT2D eigenvalue weighted by atomic mass is 9.69. The van der Waals surface area contributed by atoms with Crippen molar-refractivity contribution in [2.24, 2.45) is 5.41 Å². The maximum Gasteiger partial charge on any atom is 0.451 e. The van der Waals surface area contributed by atoms with E-state index < -0.39 is 12.0 Å². The SMILES string of the molecule is FC(F)(F)c1nccc(OC2CCC3(CC2)CNC3)n1. The number of nitrogens with one attached hydrogen (secondary N) is 1. The van der Waals surface area contributed by atoms with Crippen LogP contribution in [0, 0.1) is 5.41 Å². The van der Waals surface area contributed by atoms with Gasteiger partial charge in [0.25, 0.3) is 0 Å². The Bertz CT molecular complexity index is 478. The summed E-state index contributed by atoms with van der Waals surface area (Å²) in [6.45, 7) is 2.09. The quantitative estimate of drug-likeness (QED) is 0.907. The summed E-state index contributed by atoms with van der Waals surface area (Å²) in [6.07, 6.45) is 0.361. The number of aromatic nitrogens is 2. The second-order valence-electron chi connectivity index (χ2n) is 5.64. The molecule has 1 saturated heterocycles. The first kappa shape index (κ1) is 13.6. The highest BCUT2D eigenvalue weighted by Gasteiger charge is 2.41. The normalized spacial score (nSPS) is 22.6. The number of hydrogen-bond donors (Lipinski definition) is 1.